The number of hydrogen-bond donors (Lipinski definition) is 1. The molecule has 0 bridgehead atoms. The molecule has 0 saturated carbocycles. The van der Waals surface area contributed by atoms with Crippen molar-refractivity contribution in [2.75, 3.05) is 39.2 Å². The van der Waals surface area contributed by atoms with Gasteiger partial charge in [0, 0.05) is 52.4 Å². The fourth-order valence-corrected chi connectivity index (χ4v) is 2.23. The van der Waals surface area contributed by atoms with E-state index < -0.39 is 0 Å². The molecule has 2 heterocycles. The van der Waals surface area contributed by atoms with Crippen molar-refractivity contribution in [1.82, 2.24) is 14.9 Å². The van der Waals surface area contributed by atoms with E-state index in [9.17, 15) is 4.79 Å². The van der Waals surface area contributed by atoms with Crippen molar-refractivity contribution in [3.05, 3.63) is 54.0 Å². The first-order chi connectivity index (χ1) is 11.7. The number of likely N-dealkylation sites (N-methyl/N-ethyl adjacent to an activating group) is 1. The first-order valence-electron chi connectivity index (χ1n) is 8.04. The number of aromatic nitrogens is 2. The van der Waals surface area contributed by atoms with Gasteiger partial charge in [0.1, 0.15) is 5.82 Å². The van der Waals surface area contributed by atoms with Gasteiger partial charge in [0.25, 0.3) is 5.91 Å². The van der Waals surface area contributed by atoms with Crippen LogP contribution >= 0.6 is 0 Å². The number of methoxy groups -OCH3 is 1. The highest BCUT2D eigenvalue weighted by molar-refractivity contribution is 5.93. The van der Waals surface area contributed by atoms with Crippen molar-refractivity contribution in [1.29, 1.82) is 0 Å². The Hall–Kier alpha value is -2.47. The number of nitrogens with zero attached hydrogens (tertiary/aromatic N) is 3. The zero-order valence-corrected chi connectivity index (χ0v) is 14.2. The van der Waals surface area contributed by atoms with E-state index in [2.05, 4.69) is 15.3 Å². The third-order valence-electron chi connectivity index (χ3n) is 3.67. The Labute approximate surface area is 142 Å². The Bertz CT molecular complexity index is 617. The van der Waals surface area contributed by atoms with E-state index >= 15 is 0 Å². The van der Waals surface area contributed by atoms with Crippen LogP contribution in [0.15, 0.2) is 42.9 Å². The molecule has 0 spiro atoms. The van der Waals surface area contributed by atoms with Crippen LogP contribution < -0.4 is 5.32 Å². The number of nitrogens with one attached hydrogen (secondary N) is 1. The Kier molecular flexibility index (Phi) is 7.17. The highest BCUT2D eigenvalue weighted by Crippen LogP contribution is 2.08. The summed E-state index contributed by atoms with van der Waals surface area (Å²) < 4.78 is 5.00. The monoisotopic (exact) mass is 328 g/mol. The summed E-state index contributed by atoms with van der Waals surface area (Å²) in [7, 11) is 3.49. The Morgan fingerprint density at radius 3 is 2.71 bits per heavy atom. The van der Waals surface area contributed by atoms with Crippen LogP contribution in [0.3, 0.4) is 0 Å². The number of amides is 1. The molecule has 0 fully saturated rings. The summed E-state index contributed by atoms with van der Waals surface area (Å²) >= 11 is 0. The van der Waals surface area contributed by atoms with Crippen molar-refractivity contribution in [3.63, 3.8) is 0 Å². The van der Waals surface area contributed by atoms with E-state index in [-0.39, 0.29) is 5.91 Å². The average Bonchev–Trinajstić information content (AvgIpc) is 2.64. The van der Waals surface area contributed by atoms with Crippen LogP contribution in [0, 0.1) is 0 Å². The molecule has 0 saturated heterocycles. The van der Waals surface area contributed by atoms with Crippen LogP contribution in [-0.2, 0) is 11.2 Å². The number of anilines is 1. The van der Waals surface area contributed by atoms with Gasteiger partial charge in [-0.05, 0) is 42.7 Å². The molecule has 128 valence electrons. The van der Waals surface area contributed by atoms with E-state index in [0.29, 0.717) is 18.7 Å². The van der Waals surface area contributed by atoms with Crippen LogP contribution in [0.2, 0.25) is 0 Å². The maximum Gasteiger partial charge on any atom is 0.255 e. The maximum absolute atomic E-state index is 12.4. The predicted octanol–water partition coefficient (Wildman–Crippen LogP) is 2.24. The second-order valence-corrected chi connectivity index (χ2v) is 5.54. The smallest absolute Gasteiger partial charge is 0.255 e. The second kappa shape index (κ2) is 9.62. The quantitative estimate of drug-likeness (QED) is 0.715. The molecule has 0 aliphatic heterocycles. The summed E-state index contributed by atoms with van der Waals surface area (Å²) in [4.78, 5) is 22.4. The highest BCUT2D eigenvalue weighted by atomic mass is 16.5. The SMILES string of the molecule is COCCCNc1ccc(C(=O)N(C)CCc2ccncc2)cn1. The molecule has 24 heavy (non-hydrogen) atoms. The van der Waals surface area contributed by atoms with Gasteiger partial charge in [0.2, 0.25) is 0 Å². The van der Waals surface area contributed by atoms with E-state index in [4.69, 9.17) is 4.74 Å². The topological polar surface area (TPSA) is 67.3 Å². The lowest BCUT2D eigenvalue weighted by Gasteiger charge is -2.17. The lowest BCUT2D eigenvalue weighted by atomic mass is 10.2. The third kappa shape index (κ3) is 5.62. The van der Waals surface area contributed by atoms with Gasteiger partial charge < -0.3 is 15.0 Å². The molecule has 6 heteroatoms. The van der Waals surface area contributed by atoms with Crippen molar-refractivity contribution >= 4 is 11.7 Å². The lowest BCUT2D eigenvalue weighted by Crippen LogP contribution is -2.29. The molecule has 6 nitrogen and oxygen atoms in total. The molecule has 1 amide bonds. The Morgan fingerprint density at radius 1 is 1.25 bits per heavy atom. The summed E-state index contributed by atoms with van der Waals surface area (Å²) in [5.41, 5.74) is 1.76. The lowest BCUT2D eigenvalue weighted by molar-refractivity contribution is 0.0796. The number of pyridine rings is 2. The largest absolute Gasteiger partial charge is 0.385 e. The summed E-state index contributed by atoms with van der Waals surface area (Å²) in [5, 5.41) is 3.20. The number of ether oxygens (including phenoxy) is 1. The van der Waals surface area contributed by atoms with E-state index in [1.54, 1.807) is 43.7 Å². The first kappa shape index (κ1) is 17.9. The Balaban J connectivity index is 1.82. The molecular formula is C18H24N4O2. The van der Waals surface area contributed by atoms with Crippen molar-refractivity contribution < 1.29 is 9.53 Å². The zero-order valence-electron chi connectivity index (χ0n) is 14.2. The van der Waals surface area contributed by atoms with E-state index in [1.807, 2.05) is 18.2 Å². The molecule has 2 aromatic rings. The van der Waals surface area contributed by atoms with E-state index in [0.717, 1.165) is 25.2 Å². The molecule has 2 aromatic heterocycles. The van der Waals surface area contributed by atoms with Crippen LogP contribution in [0.1, 0.15) is 22.3 Å². The number of rotatable bonds is 9. The van der Waals surface area contributed by atoms with Crippen LogP contribution in [-0.4, -0.2) is 54.6 Å². The second-order valence-electron chi connectivity index (χ2n) is 5.54. The molecule has 2 rings (SSSR count). The van der Waals surface area contributed by atoms with Gasteiger partial charge in [-0.15, -0.1) is 0 Å². The minimum Gasteiger partial charge on any atom is -0.385 e. The minimum absolute atomic E-state index is 0.0255. The van der Waals surface area contributed by atoms with Gasteiger partial charge >= 0.3 is 0 Å². The number of carbonyl (C=O) groups is 1. The van der Waals surface area contributed by atoms with Crippen molar-refractivity contribution in [2.24, 2.45) is 0 Å². The summed E-state index contributed by atoms with van der Waals surface area (Å²) in [5.74, 6) is 0.740. The molecule has 0 aliphatic rings. The van der Waals surface area contributed by atoms with Gasteiger partial charge in [-0.1, -0.05) is 0 Å². The van der Waals surface area contributed by atoms with Gasteiger partial charge in [-0.25, -0.2) is 4.98 Å². The number of hydrogen-bond acceptors (Lipinski definition) is 5. The van der Waals surface area contributed by atoms with Gasteiger partial charge in [0.15, 0.2) is 0 Å². The Morgan fingerprint density at radius 2 is 2.04 bits per heavy atom. The van der Waals surface area contributed by atoms with Gasteiger partial charge in [-0.3, -0.25) is 9.78 Å². The molecule has 0 unspecified atom stereocenters. The first-order valence-corrected chi connectivity index (χ1v) is 8.04. The molecular weight excluding hydrogens is 304 g/mol. The fraction of sp³-hybridized carbons (Fsp3) is 0.389. The third-order valence-corrected chi connectivity index (χ3v) is 3.67. The van der Waals surface area contributed by atoms with E-state index in [1.165, 1.54) is 5.56 Å². The molecule has 0 atom stereocenters. The highest BCUT2D eigenvalue weighted by Gasteiger charge is 2.12. The van der Waals surface area contributed by atoms with Crippen molar-refractivity contribution in [2.45, 2.75) is 12.8 Å². The summed E-state index contributed by atoms with van der Waals surface area (Å²) in [6.45, 7) is 2.16. The molecule has 1 N–H and O–H groups in total. The summed E-state index contributed by atoms with van der Waals surface area (Å²) in [6.07, 6.45) is 6.86. The standard InChI is InChI=1S/C18H24N4O2/c1-22(12-8-15-6-10-19-11-7-15)18(23)16-4-5-17(21-14-16)20-9-3-13-24-2/h4-7,10-11,14H,3,8-9,12-13H2,1-2H3,(H,20,21). The number of carbonyl (C=O) groups excluding carboxylic acids is 1. The summed E-state index contributed by atoms with van der Waals surface area (Å²) in [6, 6.07) is 7.56. The fourth-order valence-electron chi connectivity index (χ4n) is 2.23. The van der Waals surface area contributed by atoms with Crippen LogP contribution in [0.25, 0.3) is 0 Å². The average molecular weight is 328 g/mol. The molecule has 0 aromatic carbocycles. The van der Waals surface area contributed by atoms with Gasteiger partial charge in [-0.2, -0.15) is 0 Å². The van der Waals surface area contributed by atoms with Gasteiger partial charge in [0.05, 0.1) is 5.56 Å². The zero-order chi connectivity index (χ0) is 17.2. The van der Waals surface area contributed by atoms with Crippen molar-refractivity contribution in [3.8, 4) is 0 Å². The predicted molar refractivity (Wildman–Crippen MR) is 94.1 cm³/mol. The molecule has 0 radical (unpaired) electrons. The minimum atomic E-state index is -0.0255. The van der Waals surface area contributed by atoms with Crippen LogP contribution in [0.5, 0.6) is 0 Å². The molecule has 0 aliphatic carbocycles. The maximum atomic E-state index is 12.4. The normalized spacial score (nSPS) is 10.4. The van der Waals surface area contributed by atoms with Crippen LogP contribution in [0.4, 0.5) is 5.82 Å².